The number of tetrazole rings is 1. The number of aromatic amines is 1. The first-order valence-corrected chi connectivity index (χ1v) is 13.1. The van der Waals surface area contributed by atoms with Crippen molar-refractivity contribution in [2.75, 3.05) is 0 Å². The Hall–Kier alpha value is -2.84. The van der Waals surface area contributed by atoms with Gasteiger partial charge in [-0.1, -0.05) is 38.0 Å². The van der Waals surface area contributed by atoms with Crippen molar-refractivity contribution >= 4 is 22.2 Å². The molecule has 0 amide bonds. The van der Waals surface area contributed by atoms with E-state index in [2.05, 4.69) is 86.6 Å². The molecule has 3 aromatic heterocycles. The standard InChI is InChI=1S/C26H32N6OS/c1-4-23(25-28-29-30-32(25)21-8-5-6-9-21)31(16-22-10-7-13-34-22)15-20-14-19-12-11-17(2)18(3)24(19)27-26(20)33/h7,10-14,21,23H,4-6,8-9,15-16H2,1-3H3,(H,27,33)/t23-/m1/s1. The van der Waals surface area contributed by atoms with Crippen LogP contribution in [0.1, 0.15) is 78.5 Å². The first-order chi connectivity index (χ1) is 16.5. The summed E-state index contributed by atoms with van der Waals surface area (Å²) in [6.45, 7) is 7.59. The van der Waals surface area contributed by atoms with Crippen LogP contribution in [0.5, 0.6) is 0 Å². The number of nitrogens with zero attached hydrogens (tertiary/aromatic N) is 5. The Labute approximate surface area is 203 Å². The molecular weight excluding hydrogens is 444 g/mol. The van der Waals surface area contributed by atoms with Crippen LogP contribution in [-0.4, -0.2) is 30.1 Å². The summed E-state index contributed by atoms with van der Waals surface area (Å²) < 4.78 is 2.05. The Morgan fingerprint density at radius 2 is 2.03 bits per heavy atom. The van der Waals surface area contributed by atoms with Gasteiger partial charge in [0.2, 0.25) is 0 Å². The summed E-state index contributed by atoms with van der Waals surface area (Å²) in [5, 5.41) is 16.1. The van der Waals surface area contributed by atoms with E-state index >= 15 is 0 Å². The number of nitrogens with one attached hydrogen (secondary N) is 1. The van der Waals surface area contributed by atoms with Gasteiger partial charge in [0.25, 0.3) is 5.56 Å². The topological polar surface area (TPSA) is 79.7 Å². The monoisotopic (exact) mass is 476 g/mol. The maximum absolute atomic E-state index is 13.2. The maximum Gasteiger partial charge on any atom is 0.252 e. The Bertz CT molecular complexity index is 1320. The molecule has 8 heteroatoms. The highest BCUT2D eigenvalue weighted by Crippen LogP contribution is 2.34. The molecule has 0 unspecified atom stereocenters. The zero-order valence-electron chi connectivity index (χ0n) is 20.1. The van der Waals surface area contributed by atoms with Crippen LogP contribution in [-0.2, 0) is 13.1 Å². The number of aromatic nitrogens is 5. The largest absolute Gasteiger partial charge is 0.321 e. The number of hydrogen-bond acceptors (Lipinski definition) is 6. The number of benzene rings is 1. The quantitative estimate of drug-likeness (QED) is 0.365. The number of thiophene rings is 1. The van der Waals surface area contributed by atoms with E-state index in [4.69, 9.17) is 0 Å². The molecule has 0 radical (unpaired) electrons. The molecule has 1 saturated carbocycles. The van der Waals surface area contributed by atoms with E-state index in [-0.39, 0.29) is 11.6 Å². The third-order valence-corrected chi connectivity index (χ3v) is 8.12. The number of aryl methyl sites for hydroxylation is 2. The van der Waals surface area contributed by atoms with Crippen LogP contribution in [0.15, 0.2) is 40.5 Å². The lowest BCUT2D eigenvalue weighted by Gasteiger charge is -2.30. The average Bonchev–Trinajstić information content (AvgIpc) is 3.60. The molecule has 0 saturated heterocycles. The third-order valence-electron chi connectivity index (χ3n) is 7.25. The molecule has 0 bridgehead atoms. The fourth-order valence-corrected chi connectivity index (χ4v) is 5.95. The highest BCUT2D eigenvalue weighted by molar-refractivity contribution is 7.09. The highest BCUT2D eigenvalue weighted by atomic mass is 32.1. The van der Waals surface area contributed by atoms with Crippen LogP contribution in [0.25, 0.3) is 10.9 Å². The number of pyridine rings is 1. The van der Waals surface area contributed by atoms with Gasteiger partial charge in [0, 0.05) is 23.5 Å². The van der Waals surface area contributed by atoms with E-state index < -0.39 is 0 Å². The molecule has 4 aromatic rings. The lowest BCUT2D eigenvalue weighted by Crippen LogP contribution is -2.32. The van der Waals surface area contributed by atoms with E-state index in [0.717, 1.165) is 53.7 Å². The summed E-state index contributed by atoms with van der Waals surface area (Å²) in [5.74, 6) is 0.912. The molecule has 178 valence electrons. The lowest BCUT2D eigenvalue weighted by molar-refractivity contribution is 0.159. The minimum Gasteiger partial charge on any atom is -0.321 e. The molecule has 0 spiro atoms. The van der Waals surface area contributed by atoms with E-state index in [1.165, 1.54) is 23.3 Å². The van der Waals surface area contributed by atoms with Crippen molar-refractivity contribution in [3.8, 4) is 0 Å². The van der Waals surface area contributed by atoms with Gasteiger partial charge in [-0.3, -0.25) is 9.69 Å². The number of rotatable bonds is 8. The smallest absolute Gasteiger partial charge is 0.252 e. The van der Waals surface area contributed by atoms with Gasteiger partial charge in [-0.15, -0.1) is 16.4 Å². The molecule has 3 heterocycles. The first kappa shape index (κ1) is 22.9. The van der Waals surface area contributed by atoms with Gasteiger partial charge < -0.3 is 4.98 Å². The third kappa shape index (κ3) is 4.44. The van der Waals surface area contributed by atoms with Gasteiger partial charge >= 0.3 is 0 Å². The Morgan fingerprint density at radius 1 is 1.21 bits per heavy atom. The van der Waals surface area contributed by atoms with E-state index in [0.29, 0.717) is 12.6 Å². The minimum atomic E-state index is -0.0254. The Kier molecular flexibility index (Phi) is 6.61. The van der Waals surface area contributed by atoms with Crippen LogP contribution >= 0.6 is 11.3 Å². The van der Waals surface area contributed by atoms with Gasteiger partial charge in [-0.25, -0.2) is 4.68 Å². The van der Waals surface area contributed by atoms with Gasteiger partial charge in [-0.2, -0.15) is 0 Å². The van der Waals surface area contributed by atoms with Crippen molar-refractivity contribution in [1.29, 1.82) is 0 Å². The molecule has 7 nitrogen and oxygen atoms in total. The fraction of sp³-hybridized carbons (Fsp3) is 0.462. The van der Waals surface area contributed by atoms with Crippen molar-refractivity contribution in [3.05, 3.63) is 73.5 Å². The molecule has 0 aliphatic heterocycles. The molecule has 1 fully saturated rings. The van der Waals surface area contributed by atoms with Gasteiger partial charge in [0.1, 0.15) is 0 Å². The molecule has 1 aliphatic rings. The van der Waals surface area contributed by atoms with Crippen LogP contribution in [0.2, 0.25) is 0 Å². The second kappa shape index (κ2) is 9.80. The van der Waals surface area contributed by atoms with Crippen LogP contribution < -0.4 is 5.56 Å². The minimum absolute atomic E-state index is 0.0209. The summed E-state index contributed by atoms with van der Waals surface area (Å²) in [7, 11) is 0. The number of H-pyrrole nitrogens is 1. The van der Waals surface area contributed by atoms with Gasteiger partial charge in [0.15, 0.2) is 5.82 Å². The number of hydrogen-bond donors (Lipinski definition) is 1. The average molecular weight is 477 g/mol. The van der Waals surface area contributed by atoms with Crippen LogP contribution in [0.3, 0.4) is 0 Å². The molecule has 1 aromatic carbocycles. The Balaban J connectivity index is 1.53. The van der Waals surface area contributed by atoms with Crippen molar-refractivity contribution in [3.63, 3.8) is 0 Å². The molecular formula is C26H32N6OS. The summed E-state index contributed by atoms with van der Waals surface area (Å²) in [5.41, 5.74) is 3.97. The maximum atomic E-state index is 13.2. The van der Waals surface area contributed by atoms with Crippen molar-refractivity contribution < 1.29 is 0 Å². The van der Waals surface area contributed by atoms with Crippen LogP contribution in [0, 0.1) is 13.8 Å². The molecule has 5 rings (SSSR count). The summed E-state index contributed by atoms with van der Waals surface area (Å²) in [6, 6.07) is 10.9. The molecule has 1 aliphatic carbocycles. The summed E-state index contributed by atoms with van der Waals surface area (Å²) in [6.07, 6.45) is 5.57. The van der Waals surface area contributed by atoms with Gasteiger partial charge in [-0.05, 0) is 77.6 Å². The van der Waals surface area contributed by atoms with E-state index in [9.17, 15) is 4.79 Å². The summed E-state index contributed by atoms with van der Waals surface area (Å²) >= 11 is 1.74. The Morgan fingerprint density at radius 3 is 2.76 bits per heavy atom. The van der Waals surface area contributed by atoms with Crippen molar-refractivity contribution in [2.24, 2.45) is 0 Å². The highest BCUT2D eigenvalue weighted by Gasteiger charge is 2.30. The first-order valence-electron chi connectivity index (χ1n) is 12.2. The predicted octanol–water partition coefficient (Wildman–Crippen LogP) is 5.46. The van der Waals surface area contributed by atoms with Crippen molar-refractivity contribution in [2.45, 2.75) is 78.0 Å². The van der Waals surface area contributed by atoms with E-state index in [1.54, 1.807) is 11.3 Å². The normalized spacial score (nSPS) is 15.5. The van der Waals surface area contributed by atoms with Crippen molar-refractivity contribution in [1.82, 2.24) is 30.1 Å². The lowest BCUT2D eigenvalue weighted by atomic mass is 10.0. The second-order valence-electron chi connectivity index (χ2n) is 9.42. The second-order valence-corrected chi connectivity index (χ2v) is 10.5. The fourth-order valence-electron chi connectivity index (χ4n) is 5.22. The predicted molar refractivity (Wildman–Crippen MR) is 136 cm³/mol. The molecule has 34 heavy (non-hydrogen) atoms. The molecule has 1 atom stereocenters. The zero-order valence-corrected chi connectivity index (χ0v) is 20.9. The number of fused-ring (bicyclic) bond motifs is 1. The SMILES string of the molecule is CC[C@H](c1nnnn1C1CCCC1)N(Cc1cccs1)Cc1cc2ccc(C)c(C)c2[nH]c1=O. The van der Waals surface area contributed by atoms with Gasteiger partial charge in [0.05, 0.1) is 17.6 Å². The zero-order chi connectivity index (χ0) is 23.7. The van der Waals surface area contributed by atoms with E-state index in [1.807, 2.05) is 0 Å². The molecule has 1 N–H and O–H groups in total. The van der Waals surface area contributed by atoms with Crippen LogP contribution in [0.4, 0.5) is 0 Å². The summed E-state index contributed by atoms with van der Waals surface area (Å²) in [4.78, 5) is 20.0.